The van der Waals surface area contributed by atoms with Crippen molar-refractivity contribution in [3.8, 4) is 5.75 Å². The fraction of sp³-hybridized carbons (Fsp3) is 0.188. The summed E-state index contributed by atoms with van der Waals surface area (Å²) in [6, 6.07) is 5.66. The Bertz CT molecular complexity index is 658. The Morgan fingerprint density at radius 2 is 2.00 bits per heavy atom. The van der Waals surface area contributed by atoms with Gasteiger partial charge in [0.25, 0.3) is 0 Å². The first kappa shape index (κ1) is 21.2. The number of allylic oxidation sites excluding steroid dienone is 2. The van der Waals surface area contributed by atoms with Crippen LogP contribution in [0.1, 0.15) is 5.56 Å². The largest absolute Gasteiger partial charge is 0.573 e. The van der Waals surface area contributed by atoms with E-state index in [1.807, 2.05) is 29.3 Å². The van der Waals surface area contributed by atoms with Gasteiger partial charge in [-0.1, -0.05) is 36.0 Å². The molecule has 0 bridgehead atoms. The van der Waals surface area contributed by atoms with Crippen molar-refractivity contribution in [2.45, 2.75) is 12.1 Å². The lowest BCUT2D eigenvalue weighted by molar-refractivity contribution is -0.274. The highest BCUT2D eigenvalue weighted by atomic mass is 79.9. The lowest BCUT2D eigenvalue weighted by Gasteiger charge is -2.13. The highest BCUT2D eigenvalue weighted by Gasteiger charge is 2.30. The number of nitrogens with zero attached hydrogens (tertiary/aromatic N) is 2. The van der Waals surface area contributed by atoms with Gasteiger partial charge in [-0.05, 0) is 23.8 Å². The zero-order valence-electron chi connectivity index (χ0n) is 13.0. The number of hydrogen-bond donors (Lipinski definition) is 1. The smallest absolute Gasteiger partial charge is 0.406 e. The van der Waals surface area contributed by atoms with Gasteiger partial charge in [-0.25, -0.2) is 4.99 Å². The van der Waals surface area contributed by atoms with Gasteiger partial charge in [0.05, 0.1) is 0 Å². The van der Waals surface area contributed by atoms with E-state index >= 15 is 0 Å². The monoisotopic (exact) mass is 435 g/mol. The Hall–Kier alpha value is -1.87. The maximum atomic E-state index is 12.1. The number of alkyl halides is 3. The van der Waals surface area contributed by atoms with Gasteiger partial charge >= 0.3 is 6.36 Å². The van der Waals surface area contributed by atoms with Crippen molar-refractivity contribution in [1.82, 2.24) is 4.90 Å². The Balaban J connectivity index is 0.00000312. The van der Waals surface area contributed by atoms with Gasteiger partial charge in [-0.15, -0.1) is 30.2 Å². The summed E-state index contributed by atoms with van der Waals surface area (Å²) in [5.74, 6) is 0.256. The van der Waals surface area contributed by atoms with E-state index in [2.05, 4.69) is 9.73 Å². The fourth-order valence-electron chi connectivity index (χ4n) is 1.77. The van der Waals surface area contributed by atoms with Gasteiger partial charge in [-0.3, -0.25) is 0 Å². The van der Waals surface area contributed by atoms with Crippen LogP contribution in [0.5, 0.6) is 5.75 Å². The molecule has 1 aliphatic rings. The lowest BCUT2D eigenvalue weighted by Crippen LogP contribution is -2.17. The van der Waals surface area contributed by atoms with E-state index in [-0.39, 0.29) is 22.7 Å². The molecule has 0 spiro atoms. The van der Waals surface area contributed by atoms with Gasteiger partial charge in [-0.2, -0.15) is 0 Å². The minimum atomic E-state index is -4.68. The second-order valence-corrected chi connectivity index (χ2v) is 5.71. The minimum Gasteiger partial charge on any atom is -0.406 e. The Morgan fingerprint density at radius 3 is 2.60 bits per heavy atom. The molecule has 0 amide bonds. The molecule has 9 heteroatoms. The summed E-state index contributed by atoms with van der Waals surface area (Å²) in [6.07, 6.45) is 6.53. The number of hydrogen-bond acceptors (Lipinski definition) is 4. The predicted molar refractivity (Wildman–Crippen MR) is 100 cm³/mol. The molecule has 2 N–H and O–H groups in total. The van der Waals surface area contributed by atoms with E-state index in [9.17, 15) is 13.2 Å². The predicted octanol–water partition coefficient (Wildman–Crippen LogP) is 4.57. The van der Waals surface area contributed by atoms with E-state index in [0.29, 0.717) is 10.9 Å². The average Bonchev–Trinajstić information content (AvgIpc) is 2.54. The fourth-order valence-corrected chi connectivity index (χ4v) is 2.41. The van der Waals surface area contributed by atoms with Crippen LogP contribution in [0.15, 0.2) is 66.1 Å². The Kier molecular flexibility index (Phi) is 8.64. The Morgan fingerprint density at radius 1 is 1.28 bits per heavy atom. The van der Waals surface area contributed by atoms with Crippen LogP contribution in [0.4, 0.5) is 13.2 Å². The molecule has 0 radical (unpaired) electrons. The summed E-state index contributed by atoms with van der Waals surface area (Å²) in [5, 5.41) is 0.374. The van der Waals surface area contributed by atoms with Crippen LogP contribution < -0.4 is 10.5 Å². The molecule has 0 aromatic heterocycles. The topological polar surface area (TPSA) is 50.8 Å². The first-order valence-electron chi connectivity index (χ1n) is 6.99. The van der Waals surface area contributed by atoms with Crippen LogP contribution >= 0.6 is 28.7 Å². The number of thioether (sulfide) groups is 1. The van der Waals surface area contributed by atoms with E-state index in [0.717, 1.165) is 12.1 Å². The quantitative estimate of drug-likeness (QED) is 0.543. The molecule has 1 aromatic rings. The van der Waals surface area contributed by atoms with Gasteiger partial charge in [0.1, 0.15) is 5.75 Å². The molecule has 4 nitrogen and oxygen atoms in total. The maximum absolute atomic E-state index is 12.1. The van der Waals surface area contributed by atoms with Crippen molar-refractivity contribution in [2.24, 2.45) is 10.7 Å². The van der Waals surface area contributed by atoms with E-state index in [1.165, 1.54) is 23.9 Å². The molecule has 25 heavy (non-hydrogen) atoms. The van der Waals surface area contributed by atoms with Crippen LogP contribution in [0, 0.1) is 0 Å². The second kappa shape index (κ2) is 10.2. The molecular weight excluding hydrogens is 419 g/mol. The van der Waals surface area contributed by atoms with Crippen molar-refractivity contribution in [3.05, 3.63) is 66.7 Å². The summed E-state index contributed by atoms with van der Waals surface area (Å²) in [4.78, 5) is 6.05. The van der Waals surface area contributed by atoms with Gasteiger partial charge < -0.3 is 15.4 Å². The first-order chi connectivity index (χ1) is 11.4. The van der Waals surface area contributed by atoms with Crippen molar-refractivity contribution in [1.29, 1.82) is 0 Å². The highest BCUT2D eigenvalue weighted by Crippen LogP contribution is 2.23. The third-order valence-electron chi connectivity index (χ3n) is 2.84. The molecule has 0 atom stereocenters. The molecule has 0 fully saturated rings. The molecule has 0 aliphatic carbocycles. The van der Waals surface area contributed by atoms with Gasteiger partial charge in [0.2, 0.25) is 0 Å². The zero-order chi connectivity index (χ0) is 17.4. The minimum absolute atomic E-state index is 0. The van der Waals surface area contributed by atoms with Crippen LogP contribution in [0.3, 0.4) is 0 Å². The van der Waals surface area contributed by atoms with Crippen molar-refractivity contribution >= 4 is 33.9 Å². The number of nitrogens with two attached hydrogens (primary N) is 1. The number of halogens is 4. The lowest BCUT2D eigenvalue weighted by atomic mass is 10.2. The third-order valence-corrected chi connectivity index (χ3v) is 3.72. The zero-order valence-corrected chi connectivity index (χ0v) is 15.5. The van der Waals surface area contributed by atoms with E-state index < -0.39 is 6.36 Å². The molecule has 1 heterocycles. The maximum Gasteiger partial charge on any atom is 0.573 e. The van der Waals surface area contributed by atoms with Crippen LogP contribution in [0.25, 0.3) is 0 Å². The highest BCUT2D eigenvalue weighted by molar-refractivity contribution is 8.93. The first-order valence-corrected chi connectivity index (χ1v) is 7.97. The third kappa shape index (κ3) is 8.69. The molecule has 136 valence electrons. The SMILES string of the molecule is Br.NC(=NC=CN1C=CC=CC1)SCc1ccc(OC(F)(F)F)cc1. The summed E-state index contributed by atoms with van der Waals surface area (Å²) < 4.78 is 40.0. The summed E-state index contributed by atoms with van der Waals surface area (Å²) in [5.41, 5.74) is 6.61. The number of ether oxygens (including phenoxy) is 1. The van der Waals surface area contributed by atoms with Crippen LogP contribution in [-0.2, 0) is 5.75 Å². The summed E-state index contributed by atoms with van der Waals surface area (Å²) >= 11 is 1.30. The van der Waals surface area contributed by atoms with Gasteiger partial charge in [0, 0.05) is 30.9 Å². The standard InChI is InChI=1S/C16H16F3N3OS.BrH/c17-16(18,19)23-14-6-4-13(5-7-14)12-24-15(20)21-8-11-22-9-2-1-3-10-22;/h1-9,11H,10,12H2,(H2,20,21);1H. The van der Waals surface area contributed by atoms with E-state index in [4.69, 9.17) is 5.73 Å². The molecule has 0 saturated carbocycles. The van der Waals surface area contributed by atoms with Crippen LogP contribution in [-0.4, -0.2) is 23.0 Å². The number of rotatable bonds is 5. The second-order valence-electron chi connectivity index (χ2n) is 4.71. The van der Waals surface area contributed by atoms with Gasteiger partial charge in [0.15, 0.2) is 5.17 Å². The van der Waals surface area contributed by atoms with Crippen molar-refractivity contribution in [3.63, 3.8) is 0 Å². The average molecular weight is 436 g/mol. The summed E-state index contributed by atoms with van der Waals surface area (Å²) in [6.45, 7) is 0.780. The normalized spacial score (nSPS) is 14.7. The molecule has 2 rings (SSSR count). The molecule has 1 aliphatic heterocycles. The van der Waals surface area contributed by atoms with Crippen molar-refractivity contribution < 1.29 is 17.9 Å². The van der Waals surface area contributed by atoms with Crippen LogP contribution in [0.2, 0.25) is 0 Å². The van der Waals surface area contributed by atoms with Crippen molar-refractivity contribution in [2.75, 3.05) is 6.54 Å². The molecular formula is C16H17BrF3N3OS. The van der Waals surface area contributed by atoms with E-state index in [1.54, 1.807) is 24.5 Å². The number of amidine groups is 1. The summed E-state index contributed by atoms with van der Waals surface area (Å²) in [7, 11) is 0. The molecule has 0 saturated heterocycles. The molecule has 1 aromatic carbocycles. The molecule has 0 unspecified atom stereocenters. The Labute approximate surface area is 158 Å². The number of benzene rings is 1. The number of aliphatic imine (C=N–C) groups is 1.